The van der Waals surface area contributed by atoms with E-state index in [4.69, 9.17) is 10.5 Å². The highest BCUT2D eigenvalue weighted by Crippen LogP contribution is 2.21. The largest absolute Gasteiger partial charge is 0.507 e. The molecule has 0 fully saturated rings. The first-order chi connectivity index (χ1) is 12.6. The Morgan fingerprint density at radius 2 is 1.92 bits per heavy atom. The number of hydrogen-bond acceptors (Lipinski definition) is 5. The molecule has 2 rings (SSSR count). The molecule has 0 spiro atoms. The Balaban J connectivity index is 1.59. The zero-order valence-corrected chi connectivity index (χ0v) is 14.7. The van der Waals surface area contributed by atoms with Crippen LogP contribution in [0.15, 0.2) is 48.5 Å². The van der Waals surface area contributed by atoms with Gasteiger partial charge in [-0.1, -0.05) is 36.4 Å². The van der Waals surface area contributed by atoms with E-state index in [1.165, 1.54) is 12.1 Å². The Morgan fingerprint density at radius 1 is 1.15 bits per heavy atom. The first kappa shape index (κ1) is 19.9. The van der Waals surface area contributed by atoms with Crippen molar-refractivity contribution in [2.75, 3.05) is 19.7 Å². The molecule has 1 atom stereocenters. The molecule has 6 heteroatoms. The standard InChI is InChI=1S/C20H26N2O4/c21-20(25)17-12-16(8-9-18(17)23)19(24)13-22-10-4-5-11-26-14-15-6-2-1-3-7-15/h1-3,6-9,12,19,22-24H,4-5,10-11,13-14H2,(H2,21,25). The Labute approximate surface area is 153 Å². The van der Waals surface area contributed by atoms with Crippen molar-refractivity contribution in [3.05, 3.63) is 65.2 Å². The molecule has 0 saturated heterocycles. The first-order valence-electron chi connectivity index (χ1n) is 8.71. The van der Waals surface area contributed by atoms with Gasteiger partial charge in [-0.05, 0) is 42.6 Å². The highest BCUT2D eigenvalue weighted by Gasteiger charge is 2.13. The van der Waals surface area contributed by atoms with E-state index < -0.39 is 12.0 Å². The number of hydrogen-bond donors (Lipinski definition) is 4. The second kappa shape index (κ2) is 10.6. The van der Waals surface area contributed by atoms with Gasteiger partial charge in [-0.15, -0.1) is 0 Å². The third-order valence-electron chi connectivity index (χ3n) is 4.01. The molecule has 5 N–H and O–H groups in total. The number of carbonyl (C=O) groups is 1. The van der Waals surface area contributed by atoms with Crippen molar-refractivity contribution < 1.29 is 19.7 Å². The number of rotatable bonds is 11. The highest BCUT2D eigenvalue weighted by molar-refractivity contribution is 5.95. The lowest BCUT2D eigenvalue weighted by Gasteiger charge is -2.13. The van der Waals surface area contributed by atoms with Crippen LogP contribution in [-0.4, -0.2) is 35.8 Å². The lowest BCUT2D eigenvalue weighted by molar-refractivity contribution is 0.0997. The van der Waals surface area contributed by atoms with Crippen molar-refractivity contribution in [2.45, 2.75) is 25.6 Å². The maximum atomic E-state index is 11.2. The van der Waals surface area contributed by atoms with Gasteiger partial charge in [0.25, 0.3) is 5.91 Å². The van der Waals surface area contributed by atoms with Gasteiger partial charge in [0, 0.05) is 13.2 Å². The second-order valence-electron chi connectivity index (χ2n) is 6.11. The normalized spacial score (nSPS) is 12.0. The number of amides is 1. The van der Waals surface area contributed by atoms with Crippen LogP contribution in [0.25, 0.3) is 0 Å². The summed E-state index contributed by atoms with van der Waals surface area (Å²) in [5.74, 6) is -0.906. The average Bonchev–Trinajstić information content (AvgIpc) is 2.64. The zero-order chi connectivity index (χ0) is 18.8. The molecular weight excluding hydrogens is 332 g/mol. The van der Waals surface area contributed by atoms with E-state index in [1.54, 1.807) is 6.07 Å². The summed E-state index contributed by atoms with van der Waals surface area (Å²) in [7, 11) is 0. The Kier molecular flexibility index (Phi) is 8.08. The van der Waals surface area contributed by atoms with Crippen LogP contribution in [0.3, 0.4) is 0 Å². The minimum atomic E-state index is -0.775. The van der Waals surface area contributed by atoms with E-state index in [2.05, 4.69) is 5.32 Å². The van der Waals surface area contributed by atoms with Crippen molar-refractivity contribution in [2.24, 2.45) is 5.73 Å². The number of phenols is 1. The van der Waals surface area contributed by atoms with Gasteiger partial charge in [-0.2, -0.15) is 0 Å². The molecular formula is C20H26N2O4. The van der Waals surface area contributed by atoms with Gasteiger partial charge in [-0.25, -0.2) is 0 Å². The van der Waals surface area contributed by atoms with Crippen LogP contribution < -0.4 is 11.1 Å². The summed E-state index contributed by atoms with van der Waals surface area (Å²) in [6.07, 6.45) is 1.09. The Morgan fingerprint density at radius 3 is 2.65 bits per heavy atom. The molecule has 0 aliphatic heterocycles. The van der Waals surface area contributed by atoms with Crippen LogP contribution in [0, 0.1) is 0 Å². The molecule has 6 nitrogen and oxygen atoms in total. The summed E-state index contributed by atoms with van der Waals surface area (Å²) < 4.78 is 5.62. The molecule has 2 aromatic rings. The molecule has 0 aromatic heterocycles. The van der Waals surface area contributed by atoms with E-state index in [0.29, 0.717) is 25.3 Å². The van der Waals surface area contributed by atoms with Crippen molar-refractivity contribution in [1.82, 2.24) is 5.32 Å². The van der Waals surface area contributed by atoms with Crippen LogP contribution in [0.5, 0.6) is 5.75 Å². The Hall–Kier alpha value is -2.41. The fourth-order valence-corrected chi connectivity index (χ4v) is 2.53. The molecule has 0 aliphatic carbocycles. The topological polar surface area (TPSA) is 105 Å². The van der Waals surface area contributed by atoms with Gasteiger partial charge in [0.1, 0.15) is 5.75 Å². The molecule has 0 saturated carbocycles. The van der Waals surface area contributed by atoms with E-state index in [-0.39, 0.29) is 11.3 Å². The van der Waals surface area contributed by atoms with E-state index in [0.717, 1.165) is 24.9 Å². The predicted molar refractivity (Wildman–Crippen MR) is 99.8 cm³/mol. The van der Waals surface area contributed by atoms with Crippen LogP contribution in [0.2, 0.25) is 0 Å². The smallest absolute Gasteiger partial charge is 0.252 e. The quantitative estimate of drug-likeness (QED) is 0.461. The minimum absolute atomic E-state index is 0.0112. The zero-order valence-electron chi connectivity index (χ0n) is 14.7. The summed E-state index contributed by atoms with van der Waals surface area (Å²) in [6, 6.07) is 14.4. The molecule has 0 heterocycles. The van der Waals surface area contributed by atoms with Crippen molar-refractivity contribution >= 4 is 5.91 Å². The lowest BCUT2D eigenvalue weighted by Crippen LogP contribution is -2.23. The molecule has 0 bridgehead atoms. The fraction of sp³-hybridized carbons (Fsp3) is 0.350. The molecule has 140 valence electrons. The number of unbranched alkanes of at least 4 members (excludes halogenated alkanes) is 1. The third kappa shape index (κ3) is 6.48. The van der Waals surface area contributed by atoms with Gasteiger partial charge in [0.2, 0.25) is 0 Å². The number of benzene rings is 2. The number of ether oxygens (including phenoxy) is 1. The Bertz CT molecular complexity index is 691. The number of aromatic hydroxyl groups is 1. The molecule has 0 aliphatic rings. The van der Waals surface area contributed by atoms with E-state index in [1.807, 2.05) is 30.3 Å². The summed E-state index contributed by atoms with van der Waals surface area (Å²) in [5.41, 5.74) is 6.91. The molecule has 1 amide bonds. The SMILES string of the molecule is NC(=O)c1cc(C(O)CNCCCCOCc2ccccc2)ccc1O. The van der Waals surface area contributed by atoms with Gasteiger partial charge in [0.15, 0.2) is 0 Å². The van der Waals surface area contributed by atoms with Gasteiger partial charge >= 0.3 is 0 Å². The second-order valence-corrected chi connectivity index (χ2v) is 6.11. The molecule has 0 radical (unpaired) electrons. The van der Waals surface area contributed by atoms with Gasteiger partial charge < -0.3 is 26.0 Å². The number of aliphatic hydroxyl groups excluding tert-OH is 1. The van der Waals surface area contributed by atoms with Gasteiger partial charge in [0.05, 0.1) is 18.3 Å². The van der Waals surface area contributed by atoms with Crippen molar-refractivity contribution in [3.63, 3.8) is 0 Å². The summed E-state index contributed by atoms with van der Waals surface area (Å²) in [4.78, 5) is 11.2. The van der Waals surface area contributed by atoms with Crippen LogP contribution in [0.4, 0.5) is 0 Å². The maximum Gasteiger partial charge on any atom is 0.252 e. The predicted octanol–water partition coefficient (Wildman–Crippen LogP) is 2.11. The summed E-state index contributed by atoms with van der Waals surface area (Å²) in [6.45, 7) is 2.43. The van der Waals surface area contributed by atoms with Gasteiger partial charge in [-0.3, -0.25) is 4.79 Å². The van der Waals surface area contributed by atoms with Crippen LogP contribution >= 0.6 is 0 Å². The van der Waals surface area contributed by atoms with Crippen LogP contribution in [0.1, 0.15) is 40.4 Å². The average molecular weight is 358 g/mol. The minimum Gasteiger partial charge on any atom is -0.507 e. The molecule has 26 heavy (non-hydrogen) atoms. The number of nitrogens with two attached hydrogens (primary N) is 1. The molecule has 2 aromatic carbocycles. The first-order valence-corrected chi connectivity index (χ1v) is 8.71. The molecule has 1 unspecified atom stereocenters. The maximum absolute atomic E-state index is 11.2. The van der Waals surface area contributed by atoms with E-state index in [9.17, 15) is 15.0 Å². The fourth-order valence-electron chi connectivity index (χ4n) is 2.53. The van der Waals surface area contributed by atoms with Crippen LogP contribution in [-0.2, 0) is 11.3 Å². The lowest BCUT2D eigenvalue weighted by atomic mass is 10.0. The van der Waals surface area contributed by atoms with E-state index >= 15 is 0 Å². The number of primary amides is 1. The monoisotopic (exact) mass is 358 g/mol. The summed E-state index contributed by atoms with van der Waals surface area (Å²) in [5, 5.41) is 22.9. The number of aliphatic hydroxyl groups is 1. The number of carbonyl (C=O) groups excluding carboxylic acids is 1. The highest BCUT2D eigenvalue weighted by atomic mass is 16.5. The third-order valence-corrected chi connectivity index (χ3v) is 4.01. The van der Waals surface area contributed by atoms with Crippen molar-refractivity contribution in [1.29, 1.82) is 0 Å². The number of nitrogens with one attached hydrogen (secondary N) is 1. The van der Waals surface area contributed by atoms with Crippen molar-refractivity contribution in [3.8, 4) is 5.75 Å². The summed E-state index contributed by atoms with van der Waals surface area (Å²) >= 11 is 0.